The lowest BCUT2D eigenvalue weighted by molar-refractivity contribution is 0.0483. The highest BCUT2D eigenvalue weighted by atomic mass is 16.6. The van der Waals surface area contributed by atoms with Crippen LogP contribution in [0.15, 0.2) is 24.3 Å². The number of nitrogens with one attached hydrogen (secondary N) is 1. The molecule has 5 nitrogen and oxygen atoms in total. The second kappa shape index (κ2) is 6.43. The van der Waals surface area contributed by atoms with E-state index in [1.807, 2.05) is 6.07 Å². The summed E-state index contributed by atoms with van der Waals surface area (Å²) >= 11 is 0. The number of ether oxygens (including phenoxy) is 1. The monoisotopic (exact) mass is 267 g/mol. The Kier molecular flexibility index (Phi) is 5.18. The number of phenols is 1. The van der Waals surface area contributed by atoms with Crippen LogP contribution in [0, 0.1) is 0 Å². The van der Waals surface area contributed by atoms with E-state index in [0.29, 0.717) is 6.42 Å². The Bertz CT molecular complexity index is 426. The van der Waals surface area contributed by atoms with Crippen LogP contribution in [-0.2, 0) is 11.2 Å². The largest absolute Gasteiger partial charge is 0.508 e. The lowest BCUT2D eigenvalue weighted by atomic mass is 10.1. The Hall–Kier alpha value is -1.75. The van der Waals surface area contributed by atoms with Crippen LogP contribution in [0.5, 0.6) is 5.75 Å². The van der Waals surface area contributed by atoms with Gasteiger partial charge in [-0.25, -0.2) is 4.79 Å². The minimum absolute atomic E-state index is 0.159. The predicted octanol–water partition coefficient (Wildman–Crippen LogP) is 1.82. The molecule has 0 saturated heterocycles. The van der Waals surface area contributed by atoms with Gasteiger partial charge in [0.1, 0.15) is 11.4 Å². The van der Waals surface area contributed by atoms with Crippen LogP contribution < -0.4 is 5.32 Å². The molecule has 106 valence electrons. The maximum absolute atomic E-state index is 11.6. The first kappa shape index (κ1) is 15.3. The Labute approximate surface area is 113 Å². The number of amides is 1. The second-order valence-corrected chi connectivity index (χ2v) is 5.40. The SMILES string of the molecule is CC(C)(C)OC(=O)NC(CO)Cc1cccc(O)c1. The number of aliphatic hydroxyl groups is 1. The number of hydrogen-bond acceptors (Lipinski definition) is 4. The van der Waals surface area contributed by atoms with E-state index in [0.717, 1.165) is 5.56 Å². The van der Waals surface area contributed by atoms with Gasteiger partial charge < -0.3 is 20.3 Å². The van der Waals surface area contributed by atoms with Crippen LogP contribution in [0.25, 0.3) is 0 Å². The molecule has 0 aromatic heterocycles. The molecular formula is C14H21NO4. The summed E-state index contributed by atoms with van der Waals surface area (Å²) in [7, 11) is 0. The highest BCUT2D eigenvalue weighted by molar-refractivity contribution is 5.68. The molecule has 0 bridgehead atoms. The van der Waals surface area contributed by atoms with Gasteiger partial charge in [-0.2, -0.15) is 0 Å². The lowest BCUT2D eigenvalue weighted by Gasteiger charge is -2.22. The second-order valence-electron chi connectivity index (χ2n) is 5.40. The van der Waals surface area contributed by atoms with Crippen LogP contribution in [0.1, 0.15) is 26.3 Å². The number of alkyl carbamates (subject to hydrolysis) is 1. The summed E-state index contributed by atoms with van der Waals surface area (Å²) in [5.74, 6) is 0.159. The average molecular weight is 267 g/mol. The quantitative estimate of drug-likeness (QED) is 0.777. The van der Waals surface area contributed by atoms with Gasteiger partial charge >= 0.3 is 6.09 Å². The summed E-state index contributed by atoms with van der Waals surface area (Å²) in [6, 6.07) is 6.25. The van der Waals surface area contributed by atoms with Crippen molar-refractivity contribution < 1.29 is 19.7 Å². The summed E-state index contributed by atoms with van der Waals surface area (Å²) in [5.41, 5.74) is 0.255. The van der Waals surface area contributed by atoms with Crippen LogP contribution in [0.4, 0.5) is 4.79 Å². The fourth-order valence-corrected chi connectivity index (χ4v) is 1.60. The smallest absolute Gasteiger partial charge is 0.407 e. The normalized spacial score (nSPS) is 12.8. The van der Waals surface area contributed by atoms with Crippen molar-refractivity contribution in [2.75, 3.05) is 6.61 Å². The van der Waals surface area contributed by atoms with E-state index in [-0.39, 0.29) is 12.4 Å². The molecule has 1 amide bonds. The Balaban J connectivity index is 2.57. The summed E-state index contributed by atoms with van der Waals surface area (Å²) in [6.07, 6.45) is -0.142. The van der Waals surface area contributed by atoms with E-state index in [9.17, 15) is 15.0 Å². The summed E-state index contributed by atoms with van der Waals surface area (Å²) in [4.78, 5) is 11.6. The minimum atomic E-state index is -0.574. The average Bonchev–Trinajstić information content (AvgIpc) is 2.25. The van der Waals surface area contributed by atoms with Gasteiger partial charge in [-0.15, -0.1) is 0 Å². The molecule has 3 N–H and O–H groups in total. The molecule has 1 atom stereocenters. The van der Waals surface area contributed by atoms with Gasteiger partial charge in [-0.1, -0.05) is 12.1 Å². The number of carbonyl (C=O) groups is 1. The van der Waals surface area contributed by atoms with Gasteiger partial charge in [0.25, 0.3) is 0 Å². The summed E-state index contributed by atoms with van der Waals surface area (Å²) in [5, 5.41) is 21.2. The zero-order valence-electron chi connectivity index (χ0n) is 11.5. The Morgan fingerprint density at radius 2 is 2.11 bits per heavy atom. The zero-order chi connectivity index (χ0) is 14.5. The zero-order valence-corrected chi connectivity index (χ0v) is 11.5. The summed E-state index contributed by atoms with van der Waals surface area (Å²) in [6.45, 7) is 5.12. The highest BCUT2D eigenvalue weighted by Crippen LogP contribution is 2.13. The third kappa shape index (κ3) is 6.10. The van der Waals surface area contributed by atoms with E-state index in [1.54, 1.807) is 39.0 Å². The molecule has 0 aliphatic carbocycles. The van der Waals surface area contributed by atoms with Crippen LogP contribution in [0.3, 0.4) is 0 Å². The van der Waals surface area contributed by atoms with Crippen LogP contribution in [-0.4, -0.2) is 34.6 Å². The number of aromatic hydroxyl groups is 1. The highest BCUT2D eigenvalue weighted by Gasteiger charge is 2.19. The number of phenolic OH excluding ortho intramolecular Hbond substituents is 1. The van der Waals surface area contributed by atoms with Crippen molar-refractivity contribution in [3.63, 3.8) is 0 Å². The van der Waals surface area contributed by atoms with E-state index in [2.05, 4.69) is 5.32 Å². The summed E-state index contributed by atoms with van der Waals surface area (Å²) < 4.78 is 5.12. The third-order valence-electron chi connectivity index (χ3n) is 2.33. The molecule has 0 aliphatic rings. The molecule has 0 aliphatic heterocycles. The van der Waals surface area contributed by atoms with Gasteiger partial charge in [-0.3, -0.25) is 0 Å². The maximum atomic E-state index is 11.6. The predicted molar refractivity (Wildman–Crippen MR) is 72.1 cm³/mol. The van der Waals surface area contributed by atoms with Crippen LogP contribution >= 0.6 is 0 Å². The van der Waals surface area contributed by atoms with Gasteiger partial charge in [0.15, 0.2) is 0 Å². The molecule has 1 unspecified atom stereocenters. The first-order valence-electron chi connectivity index (χ1n) is 6.18. The fourth-order valence-electron chi connectivity index (χ4n) is 1.60. The molecule has 0 radical (unpaired) electrons. The van der Waals surface area contributed by atoms with Gasteiger partial charge in [0, 0.05) is 0 Å². The van der Waals surface area contributed by atoms with Crippen molar-refractivity contribution in [2.24, 2.45) is 0 Å². The van der Waals surface area contributed by atoms with Crippen molar-refractivity contribution in [1.29, 1.82) is 0 Å². The number of aliphatic hydroxyl groups excluding tert-OH is 1. The molecular weight excluding hydrogens is 246 g/mol. The lowest BCUT2D eigenvalue weighted by Crippen LogP contribution is -2.42. The number of rotatable bonds is 4. The molecule has 0 heterocycles. The van der Waals surface area contributed by atoms with Crippen molar-refractivity contribution >= 4 is 6.09 Å². The first-order valence-corrected chi connectivity index (χ1v) is 6.18. The molecule has 1 rings (SSSR count). The first-order chi connectivity index (χ1) is 8.80. The van der Waals surface area contributed by atoms with E-state index >= 15 is 0 Å². The molecule has 0 fully saturated rings. The maximum Gasteiger partial charge on any atom is 0.407 e. The van der Waals surface area contributed by atoms with Crippen molar-refractivity contribution in [3.8, 4) is 5.75 Å². The standard InChI is InChI=1S/C14H21NO4/c1-14(2,3)19-13(18)15-11(9-16)7-10-5-4-6-12(17)8-10/h4-6,8,11,16-17H,7,9H2,1-3H3,(H,15,18). The van der Waals surface area contributed by atoms with Gasteiger partial charge in [0.2, 0.25) is 0 Å². The van der Waals surface area contributed by atoms with Crippen molar-refractivity contribution in [2.45, 2.75) is 38.8 Å². The van der Waals surface area contributed by atoms with Gasteiger partial charge in [0.05, 0.1) is 12.6 Å². The number of carbonyl (C=O) groups excluding carboxylic acids is 1. The van der Waals surface area contributed by atoms with E-state index in [1.165, 1.54) is 0 Å². The molecule has 0 saturated carbocycles. The van der Waals surface area contributed by atoms with Crippen molar-refractivity contribution in [3.05, 3.63) is 29.8 Å². The fraction of sp³-hybridized carbons (Fsp3) is 0.500. The minimum Gasteiger partial charge on any atom is -0.508 e. The Morgan fingerprint density at radius 3 is 2.63 bits per heavy atom. The Morgan fingerprint density at radius 1 is 1.42 bits per heavy atom. The molecule has 5 heteroatoms. The molecule has 0 spiro atoms. The van der Waals surface area contributed by atoms with Crippen LogP contribution in [0.2, 0.25) is 0 Å². The van der Waals surface area contributed by atoms with E-state index < -0.39 is 17.7 Å². The molecule has 1 aromatic rings. The van der Waals surface area contributed by atoms with Gasteiger partial charge in [-0.05, 0) is 44.9 Å². The molecule has 1 aromatic carbocycles. The van der Waals surface area contributed by atoms with Crippen molar-refractivity contribution in [1.82, 2.24) is 5.32 Å². The third-order valence-corrected chi connectivity index (χ3v) is 2.33. The molecule has 19 heavy (non-hydrogen) atoms. The number of hydrogen-bond donors (Lipinski definition) is 3. The van der Waals surface area contributed by atoms with E-state index in [4.69, 9.17) is 4.74 Å². The topological polar surface area (TPSA) is 78.8 Å². The number of benzene rings is 1.